The van der Waals surface area contributed by atoms with E-state index in [4.69, 9.17) is 9.63 Å². The number of aryl methyl sites for hydroxylation is 2. The second-order valence-electron chi connectivity index (χ2n) is 3.77. The van der Waals surface area contributed by atoms with Crippen LogP contribution in [0.4, 0.5) is 0 Å². The van der Waals surface area contributed by atoms with Gasteiger partial charge in [-0.3, -0.25) is 4.79 Å². The Labute approximate surface area is 111 Å². The Hall–Kier alpha value is -1.08. The van der Waals surface area contributed by atoms with Gasteiger partial charge in [-0.15, -0.1) is 0 Å². The second kappa shape index (κ2) is 8.93. The molecule has 7 heteroatoms. The number of carbonyl (C=O) groups excluding carboxylic acids is 1. The summed E-state index contributed by atoms with van der Waals surface area (Å²) in [5.41, 5.74) is 0. The summed E-state index contributed by atoms with van der Waals surface area (Å²) in [6.07, 6.45) is 1.64. The summed E-state index contributed by atoms with van der Waals surface area (Å²) in [6.45, 7) is 2.62. The second-order valence-corrected chi connectivity index (χ2v) is 5.00. The number of nitrogens with one attached hydrogen (secondary N) is 1. The van der Waals surface area contributed by atoms with Crippen LogP contribution in [0, 0.1) is 6.92 Å². The van der Waals surface area contributed by atoms with Gasteiger partial charge in [0.25, 0.3) is 0 Å². The lowest BCUT2D eigenvalue weighted by molar-refractivity contribution is -0.121. The van der Waals surface area contributed by atoms with Crippen molar-refractivity contribution in [1.29, 1.82) is 0 Å². The van der Waals surface area contributed by atoms with Crippen LogP contribution in [0.2, 0.25) is 0 Å². The molecular weight excluding hydrogens is 254 g/mol. The molecule has 0 bridgehead atoms. The molecule has 0 aliphatic carbocycles. The standard InChI is InChI=1S/C11H19N3O3S/c1-9-13-11(17-14-9)4-3-10(16)12-5-8-18-7-2-6-15/h15H,2-8H2,1H3,(H,12,16). The molecule has 0 atom stereocenters. The van der Waals surface area contributed by atoms with Crippen molar-refractivity contribution in [3.05, 3.63) is 11.7 Å². The lowest BCUT2D eigenvalue weighted by Crippen LogP contribution is -2.26. The average Bonchev–Trinajstić information content (AvgIpc) is 2.77. The average molecular weight is 273 g/mol. The first kappa shape index (κ1) is 15.0. The number of aliphatic hydroxyl groups excluding tert-OH is 1. The molecule has 0 radical (unpaired) electrons. The summed E-state index contributed by atoms with van der Waals surface area (Å²) in [5, 5.41) is 15.1. The van der Waals surface area contributed by atoms with E-state index in [0.717, 1.165) is 17.9 Å². The van der Waals surface area contributed by atoms with Gasteiger partial charge < -0.3 is 14.9 Å². The van der Waals surface area contributed by atoms with Gasteiger partial charge in [-0.1, -0.05) is 5.16 Å². The summed E-state index contributed by atoms with van der Waals surface area (Å²) >= 11 is 1.72. The first-order valence-corrected chi connectivity index (χ1v) is 7.12. The molecule has 1 aromatic rings. The van der Waals surface area contributed by atoms with E-state index in [1.54, 1.807) is 18.7 Å². The minimum absolute atomic E-state index is 0.00592. The number of aromatic nitrogens is 2. The Balaban J connectivity index is 2.00. The molecule has 1 rings (SSSR count). The number of hydrogen-bond acceptors (Lipinski definition) is 6. The van der Waals surface area contributed by atoms with Crippen LogP contribution >= 0.6 is 11.8 Å². The third-order valence-electron chi connectivity index (χ3n) is 2.15. The normalized spacial score (nSPS) is 10.6. The molecule has 1 aromatic heterocycles. The molecule has 6 nitrogen and oxygen atoms in total. The monoisotopic (exact) mass is 273 g/mol. The van der Waals surface area contributed by atoms with Crippen molar-refractivity contribution in [2.24, 2.45) is 0 Å². The third-order valence-corrected chi connectivity index (χ3v) is 3.22. The van der Waals surface area contributed by atoms with Crippen LogP contribution in [0.5, 0.6) is 0 Å². The van der Waals surface area contributed by atoms with Crippen LogP contribution in [-0.4, -0.2) is 45.8 Å². The Morgan fingerprint density at radius 3 is 3.00 bits per heavy atom. The lowest BCUT2D eigenvalue weighted by atomic mass is 10.3. The molecule has 0 unspecified atom stereocenters. The number of rotatable bonds is 9. The number of aliphatic hydroxyl groups is 1. The van der Waals surface area contributed by atoms with Gasteiger partial charge in [0.05, 0.1) is 0 Å². The maximum absolute atomic E-state index is 11.5. The van der Waals surface area contributed by atoms with Crippen molar-refractivity contribution in [2.45, 2.75) is 26.2 Å². The first-order valence-electron chi connectivity index (χ1n) is 5.97. The minimum atomic E-state index is -0.00592. The van der Waals surface area contributed by atoms with Crippen LogP contribution in [0.25, 0.3) is 0 Å². The smallest absolute Gasteiger partial charge is 0.227 e. The van der Waals surface area contributed by atoms with Crippen molar-refractivity contribution in [2.75, 3.05) is 24.7 Å². The van der Waals surface area contributed by atoms with E-state index in [0.29, 0.717) is 31.1 Å². The molecule has 1 amide bonds. The fraction of sp³-hybridized carbons (Fsp3) is 0.727. The largest absolute Gasteiger partial charge is 0.396 e. The Morgan fingerprint density at radius 1 is 1.50 bits per heavy atom. The van der Waals surface area contributed by atoms with Gasteiger partial charge in [0, 0.05) is 31.7 Å². The van der Waals surface area contributed by atoms with Crippen LogP contribution in [-0.2, 0) is 11.2 Å². The summed E-state index contributed by atoms with van der Waals surface area (Å²) in [4.78, 5) is 15.5. The highest BCUT2D eigenvalue weighted by Crippen LogP contribution is 2.01. The SMILES string of the molecule is Cc1noc(CCC(=O)NCCSCCCO)n1. The first-order chi connectivity index (χ1) is 8.72. The Bertz CT molecular complexity index is 357. The van der Waals surface area contributed by atoms with Gasteiger partial charge in [-0.2, -0.15) is 16.7 Å². The molecular formula is C11H19N3O3S. The van der Waals surface area contributed by atoms with E-state index < -0.39 is 0 Å². The van der Waals surface area contributed by atoms with Crippen molar-refractivity contribution in [3.63, 3.8) is 0 Å². The fourth-order valence-corrected chi connectivity index (χ4v) is 2.07. The number of nitrogens with zero attached hydrogens (tertiary/aromatic N) is 2. The van der Waals surface area contributed by atoms with Crippen LogP contribution in [0.3, 0.4) is 0 Å². The summed E-state index contributed by atoms with van der Waals surface area (Å²) in [5.74, 6) is 2.87. The van der Waals surface area contributed by atoms with Crippen LogP contribution < -0.4 is 5.32 Å². The highest BCUT2D eigenvalue weighted by atomic mass is 32.2. The molecule has 2 N–H and O–H groups in total. The maximum Gasteiger partial charge on any atom is 0.227 e. The molecule has 102 valence electrons. The van der Waals surface area contributed by atoms with Crippen LogP contribution in [0.1, 0.15) is 24.6 Å². The zero-order chi connectivity index (χ0) is 13.2. The Kier molecular flexibility index (Phi) is 7.43. The topological polar surface area (TPSA) is 88.2 Å². The number of hydrogen-bond donors (Lipinski definition) is 2. The third kappa shape index (κ3) is 6.61. The minimum Gasteiger partial charge on any atom is -0.396 e. The quantitative estimate of drug-likeness (QED) is 0.639. The number of amides is 1. The van der Waals surface area contributed by atoms with Crippen LogP contribution in [0.15, 0.2) is 4.52 Å². The molecule has 1 heterocycles. The molecule has 0 saturated heterocycles. The van der Waals surface area contributed by atoms with Crippen molar-refractivity contribution >= 4 is 17.7 Å². The Morgan fingerprint density at radius 2 is 2.33 bits per heavy atom. The van der Waals surface area contributed by atoms with Gasteiger partial charge in [-0.25, -0.2) is 0 Å². The summed E-state index contributed by atoms with van der Waals surface area (Å²) < 4.78 is 4.92. The molecule has 0 saturated carbocycles. The lowest BCUT2D eigenvalue weighted by Gasteiger charge is -2.03. The molecule has 0 aliphatic rings. The van der Waals surface area contributed by atoms with E-state index in [1.807, 2.05) is 0 Å². The van der Waals surface area contributed by atoms with E-state index >= 15 is 0 Å². The van der Waals surface area contributed by atoms with E-state index in [2.05, 4.69) is 15.5 Å². The van der Waals surface area contributed by atoms with Gasteiger partial charge in [0.1, 0.15) is 0 Å². The molecule has 0 fully saturated rings. The van der Waals surface area contributed by atoms with Gasteiger partial charge in [0.2, 0.25) is 11.8 Å². The summed E-state index contributed by atoms with van der Waals surface area (Å²) in [6, 6.07) is 0. The van der Waals surface area contributed by atoms with E-state index in [-0.39, 0.29) is 12.5 Å². The van der Waals surface area contributed by atoms with Gasteiger partial charge >= 0.3 is 0 Å². The molecule has 18 heavy (non-hydrogen) atoms. The zero-order valence-electron chi connectivity index (χ0n) is 10.5. The van der Waals surface area contributed by atoms with Crippen molar-refractivity contribution in [1.82, 2.24) is 15.5 Å². The predicted molar refractivity (Wildman–Crippen MR) is 69.4 cm³/mol. The summed E-state index contributed by atoms with van der Waals surface area (Å²) in [7, 11) is 0. The van der Waals surface area contributed by atoms with Crippen molar-refractivity contribution in [3.8, 4) is 0 Å². The van der Waals surface area contributed by atoms with Crippen molar-refractivity contribution < 1.29 is 14.4 Å². The van der Waals surface area contributed by atoms with Gasteiger partial charge in [-0.05, 0) is 19.1 Å². The highest BCUT2D eigenvalue weighted by Gasteiger charge is 2.06. The molecule has 0 aliphatic heterocycles. The zero-order valence-corrected chi connectivity index (χ0v) is 11.3. The van der Waals surface area contributed by atoms with E-state index in [1.165, 1.54) is 0 Å². The van der Waals surface area contributed by atoms with E-state index in [9.17, 15) is 4.79 Å². The fourth-order valence-electron chi connectivity index (χ4n) is 1.28. The van der Waals surface area contributed by atoms with Gasteiger partial charge in [0.15, 0.2) is 5.82 Å². The molecule has 0 aromatic carbocycles. The predicted octanol–water partition coefficient (Wildman–Crippen LogP) is 0.542. The number of thioether (sulfide) groups is 1. The maximum atomic E-state index is 11.5. The molecule has 0 spiro atoms. The number of carbonyl (C=O) groups is 1. The highest BCUT2D eigenvalue weighted by molar-refractivity contribution is 7.99.